The number of benzene rings is 3. The van der Waals surface area contributed by atoms with E-state index in [4.69, 9.17) is 4.74 Å². The van der Waals surface area contributed by atoms with Gasteiger partial charge >= 0.3 is 5.97 Å². The fourth-order valence-corrected chi connectivity index (χ4v) is 6.00. The van der Waals surface area contributed by atoms with Crippen LogP contribution in [0.2, 0.25) is 0 Å². The zero-order valence-electron chi connectivity index (χ0n) is 21.9. The molecule has 0 saturated heterocycles. The van der Waals surface area contributed by atoms with Crippen molar-refractivity contribution in [2.45, 2.75) is 58.4 Å². The summed E-state index contributed by atoms with van der Waals surface area (Å²) in [5, 5.41) is 0. The van der Waals surface area contributed by atoms with Crippen molar-refractivity contribution in [2.75, 3.05) is 12.0 Å². The predicted octanol–water partition coefficient (Wildman–Crippen LogP) is 6.73. The number of esters is 1. The molecule has 2 atom stereocenters. The van der Waals surface area contributed by atoms with Gasteiger partial charge in [0.1, 0.15) is 5.82 Å². The number of carbonyl (C=O) groups excluding carboxylic acids is 2. The summed E-state index contributed by atoms with van der Waals surface area (Å²) in [5.41, 5.74) is 3.83. The number of anilines is 1. The highest BCUT2D eigenvalue weighted by atomic mass is 19.1. The Kier molecular flexibility index (Phi) is 6.78. The maximum atomic E-state index is 14.5. The summed E-state index contributed by atoms with van der Waals surface area (Å²) >= 11 is 0. The summed E-state index contributed by atoms with van der Waals surface area (Å²) < 4.78 is 19.4. The summed E-state index contributed by atoms with van der Waals surface area (Å²) in [6, 6.07) is 20.1. The highest BCUT2D eigenvalue weighted by Gasteiger charge is 2.77. The molecule has 1 heterocycles. The Morgan fingerprint density at radius 1 is 1.06 bits per heavy atom. The normalized spacial score (nSPS) is 21.8. The SMILES string of the molecule is CC.COC(=O)c1cccc(CN2C(=O)[C@@]3(C[C@]3(c3ccc(C)cc3)C(C)C)c3cc(F)ccc32)c1. The molecule has 1 spiro atoms. The van der Waals surface area contributed by atoms with Gasteiger partial charge in [-0.1, -0.05) is 69.7 Å². The van der Waals surface area contributed by atoms with Gasteiger partial charge in [-0.05, 0) is 66.3 Å². The molecular weight excluding hydrogens is 453 g/mol. The molecule has 188 valence electrons. The van der Waals surface area contributed by atoms with Crippen molar-refractivity contribution in [3.63, 3.8) is 0 Å². The Morgan fingerprint density at radius 2 is 1.75 bits per heavy atom. The average molecular weight is 488 g/mol. The Hall–Kier alpha value is -3.47. The van der Waals surface area contributed by atoms with Crippen molar-refractivity contribution in [3.05, 3.63) is 100 Å². The number of ether oxygens (including phenoxy) is 1. The van der Waals surface area contributed by atoms with Crippen LogP contribution in [0.25, 0.3) is 0 Å². The van der Waals surface area contributed by atoms with Crippen LogP contribution in [0, 0.1) is 18.7 Å². The van der Waals surface area contributed by atoms with Crippen LogP contribution < -0.4 is 4.90 Å². The number of nitrogens with zero attached hydrogens (tertiary/aromatic N) is 1. The molecule has 0 radical (unpaired) electrons. The Balaban J connectivity index is 0.00000148. The summed E-state index contributed by atoms with van der Waals surface area (Å²) in [6.07, 6.45) is 0.648. The smallest absolute Gasteiger partial charge is 0.337 e. The first kappa shape index (κ1) is 25.6. The quantitative estimate of drug-likeness (QED) is 0.375. The van der Waals surface area contributed by atoms with Gasteiger partial charge in [-0.25, -0.2) is 9.18 Å². The highest BCUT2D eigenvalue weighted by Crippen LogP contribution is 2.73. The molecule has 0 bridgehead atoms. The Morgan fingerprint density at radius 3 is 2.39 bits per heavy atom. The third-order valence-electron chi connectivity index (χ3n) is 7.74. The number of hydrogen-bond acceptors (Lipinski definition) is 3. The molecule has 36 heavy (non-hydrogen) atoms. The van der Waals surface area contributed by atoms with Gasteiger partial charge in [-0.15, -0.1) is 0 Å². The highest BCUT2D eigenvalue weighted by molar-refractivity contribution is 6.12. The summed E-state index contributed by atoms with van der Waals surface area (Å²) in [4.78, 5) is 28.0. The zero-order valence-corrected chi connectivity index (χ0v) is 21.9. The first-order chi connectivity index (χ1) is 17.2. The second-order valence-electron chi connectivity index (χ2n) is 9.82. The molecular formula is C31H34FNO3. The maximum Gasteiger partial charge on any atom is 0.337 e. The fraction of sp³-hybridized carbons (Fsp3) is 0.355. The summed E-state index contributed by atoms with van der Waals surface area (Å²) in [6.45, 7) is 10.6. The lowest BCUT2D eigenvalue weighted by Gasteiger charge is -2.27. The van der Waals surface area contributed by atoms with E-state index in [9.17, 15) is 14.0 Å². The first-order valence-corrected chi connectivity index (χ1v) is 12.6. The van der Waals surface area contributed by atoms with Crippen LogP contribution in [0.3, 0.4) is 0 Å². The molecule has 0 aromatic heterocycles. The van der Waals surface area contributed by atoms with Crippen LogP contribution in [0.15, 0.2) is 66.7 Å². The largest absolute Gasteiger partial charge is 0.465 e. The molecule has 0 N–H and O–H groups in total. The van der Waals surface area contributed by atoms with E-state index in [1.54, 1.807) is 29.2 Å². The number of rotatable bonds is 5. The maximum absolute atomic E-state index is 14.5. The fourth-order valence-electron chi connectivity index (χ4n) is 6.00. The number of hydrogen-bond donors (Lipinski definition) is 0. The summed E-state index contributed by atoms with van der Waals surface area (Å²) in [5.74, 6) is -0.591. The van der Waals surface area contributed by atoms with E-state index in [-0.39, 0.29) is 17.6 Å². The van der Waals surface area contributed by atoms with Gasteiger partial charge in [-0.2, -0.15) is 0 Å². The number of methoxy groups -OCH3 is 1. The molecule has 1 saturated carbocycles. The molecule has 4 nitrogen and oxygen atoms in total. The molecule has 3 aromatic rings. The van der Waals surface area contributed by atoms with E-state index in [1.165, 1.54) is 19.2 Å². The molecule has 1 aliphatic heterocycles. The van der Waals surface area contributed by atoms with E-state index in [0.29, 0.717) is 18.5 Å². The van der Waals surface area contributed by atoms with Crippen molar-refractivity contribution in [2.24, 2.45) is 5.92 Å². The second-order valence-corrected chi connectivity index (χ2v) is 9.82. The van der Waals surface area contributed by atoms with Gasteiger partial charge in [0.25, 0.3) is 0 Å². The van der Waals surface area contributed by atoms with Crippen LogP contribution in [-0.4, -0.2) is 19.0 Å². The molecule has 1 aliphatic carbocycles. The van der Waals surface area contributed by atoms with Gasteiger partial charge in [-0.3, -0.25) is 4.79 Å². The van der Waals surface area contributed by atoms with Crippen LogP contribution in [-0.2, 0) is 26.9 Å². The van der Waals surface area contributed by atoms with Gasteiger partial charge in [0.15, 0.2) is 0 Å². The number of halogens is 1. The van der Waals surface area contributed by atoms with Crippen molar-refractivity contribution in [3.8, 4) is 0 Å². The molecule has 3 aromatic carbocycles. The third-order valence-corrected chi connectivity index (χ3v) is 7.74. The minimum Gasteiger partial charge on any atom is -0.465 e. The Bertz CT molecular complexity index is 1300. The van der Waals surface area contributed by atoms with Crippen molar-refractivity contribution in [1.82, 2.24) is 0 Å². The molecule has 1 amide bonds. The van der Waals surface area contributed by atoms with Crippen LogP contribution in [0.5, 0.6) is 0 Å². The summed E-state index contributed by atoms with van der Waals surface area (Å²) in [7, 11) is 1.34. The third kappa shape index (κ3) is 3.73. The van der Waals surface area contributed by atoms with Crippen LogP contribution >= 0.6 is 0 Å². The molecule has 1 fully saturated rings. The number of amides is 1. The zero-order chi connectivity index (χ0) is 26.3. The monoisotopic (exact) mass is 487 g/mol. The minimum absolute atomic E-state index is 0.00848. The predicted molar refractivity (Wildman–Crippen MR) is 141 cm³/mol. The van der Waals surface area contributed by atoms with E-state index >= 15 is 0 Å². The topological polar surface area (TPSA) is 46.6 Å². The molecule has 2 aliphatic rings. The lowest BCUT2D eigenvalue weighted by molar-refractivity contribution is -0.121. The van der Waals surface area contributed by atoms with Crippen molar-refractivity contribution in [1.29, 1.82) is 0 Å². The Labute approximate surface area is 213 Å². The first-order valence-electron chi connectivity index (χ1n) is 12.6. The number of aryl methyl sites for hydroxylation is 1. The van der Waals surface area contributed by atoms with Crippen LogP contribution in [0.4, 0.5) is 10.1 Å². The van der Waals surface area contributed by atoms with Gasteiger partial charge in [0.2, 0.25) is 5.91 Å². The van der Waals surface area contributed by atoms with Crippen molar-refractivity contribution < 1.29 is 18.7 Å². The van der Waals surface area contributed by atoms with Crippen molar-refractivity contribution >= 4 is 17.6 Å². The van der Waals surface area contributed by atoms with E-state index in [0.717, 1.165) is 27.9 Å². The molecule has 0 unspecified atom stereocenters. The standard InChI is InChI=1S/C29H28FNO3.C2H6/c1-18(2)28(22-10-8-19(3)9-11-22)17-29(28)24-15-23(30)12-13-25(24)31(27(29)33)16-20-6-5-7-21(14-20)26(32)34-4;1-2/h5-15,18H,16-17H2,1-4H3;1-2H3/t28-,29-;/m1./s1. The van der Waals surface area contributed by atoms with Gasteiger partial charge in [0.05, 0.1) is 24.6 Å². The van der Waals surface area contributed by atoms with Gasteiger partial charge in [0, 0.05) is 11.1 Å². The second kappa shape index (κ2) is 9.53. The van der Waals surface area contributed by atoms with Crippen LogP contribution in [0.1, 0.15) is 66.7 Å². The number of fused-ring (bicyclic) bond motifs is 2. The minimum atomic E-state index is -0.798. The molecule has 5 heteroatoms. The lowest BCUT2D eigenvalue weighted by Crippen LogP contribution is -2.38. The average Bonchev–Trinajstić information content (AvgIpc) is 3.56. The van der Waals surface area contributed by atoms with E-state index in [1.807, 2.05) is 26.8 Å². The van der Waals surface area contributed by atoms with Gasteiger partial charge < -0.3 is 9.64 Å². The lowest BCUT2D eigenvalue weighted by atomic mass is 9.75. The molecule has 5 rings (SSSR count). The van der Waals surface area contributed by atoms with E-state index in [2.05, 4.69) is 38.1 Å². The van der Waals surface area contributed by atoms with E-state index < -0.39 is 16.8 Å². The number of carbonyl (C=O) groups is 2.